The highest BCUT2D eigenvalue weighted by Gasteiger charge is 2.32. The van der Waals surface area contributed by atoms with Crippen molar-refractivity contribution in [2.24, 2.45) is 21.5 Å². The Balaban J connectivity index is 0.00000242. The van der Waals surface area contributed by atoms with Gasteiger partial charge in [-0.2, -0.15) is 4.99 Å². The van der Waals surface area contributed by atoms with E-state index >= 15 is 0 Å². The lowest BCUT2D eigenvalue weighted by Gasteiger charge is -2.38. The molecule has 1 heterocycles. The van der Waals surface area contributed by atoms with E-state index in [-0.39, 0.29) is 24.3 Å². The Morgan fingerprint density at radius 1 is 1.27 bits per heavy atom. The molecular formula is C14H21ClN6O. The van der Waals surface area contributed by atoms with Crippen LogP contribution in [0.2, 0.25) is 0 Å². The second kappa shape index (κ2) is 6.65. The summed E-state index contributed by atoms with van der Waals surface area (Å²) < 4.78 is 0. The quantitative estimate of drug-likeness (QED) is 0.768. The number of nitrogens with one attached hydrogen (secondary N) is 1. The molecule has 1 amide bonds. The molecular weight excluding hydrogens is 304 g/mol. The fraction of sp³-hybridized carbons (Fsp3) is 0.357. The molecule has 7 nitrogen and oxygen atoms in total. The maximum Gasteiger partial charge on any atom is 0.220 e. The third-order valence-corrected chi connectivity index (χ3v) is 3.13. The topological polar surface area (TPSA) is 109 Å². The molecule has 0 radical (unpaired) electrons. The zero-order chi connectivity index (χ0) is 15.6. The normalized spacial score (nSPS) is 16.2. The predicted molar refractivity (Wildman–Crippen MR) is 91.0 cm³/mol. The summed E-state index contributed by atoms with van der Waals surface area (Å²) in [5.74, 6) is 0.426. The molecule has 0 aromatic heterocycles. The van der Waals surface area contributed by atoms with E-state index in [9.17, 15) is 4.79 Å². The van der Waals surface area contributed by atoms with Crippen molar-refractivity contribution in [3.8, 4) is 0 Å². The predicted octanol–water partition coefficient (Wildman–Crippen LogP) is 0.930. The van der Waals surface area contributed by atoms with Gasteiger partial charge in [-0.3, -0.25) is 9.69 Å². The van der Waals surface area contributed by atoms with E-state index in [0.717, 1.165) is 11.3 Å². The molecule has 120 valence electrons. The second-order valence-corrected chi connectivity index (χ2v) is 5.35. The third-order valence-electron chi connectivity index (χ3n) is 3.13. The van der Waals surface area contributed by atoms with Gasteiger partial charge in [0.25, 0.3) is 0 Å². The Morgan fingerprint density at radius 3 is 2.36 bits per heavy atom. The van der Waals surface area contributed by atoms with Crippen LogP contribution in [0.3, 0.4) is 0 Å². The maximum absolute atomic E-state index is 10.9. The van der Waals surface area contributed by atoms with Crippen LogP contribution in [0.25, 0.3) is 0 Å². The zero-order valence-electron chi connectivity index (χ0n) is 12.8. The van der Waals surface area contributed by atoms with Gasteiger partial charge in [0.15, 0.2) is 0 Å². The van der Waals surface area contributed by atoms with Gasteiger partial charge in [0, 0.05) is 19.2 Å². The molecule has 22 heavy (non-hydrogen) atoms. The summed E-state index contributed by atoms with van der Waals surface area (Å²) >= 11 is 0. The number of aliphatic imine (C=N–C) groups is 2. The number of benzene rings is 1. The Morgan fingerprint density at radius 2 is 1.86 bits per heavy atom. The van der Waals surface area contributed by atoms with Crippen molar-refractivity contribution in [2.45, 2.75) is 33.0 Å². The van der Waals surface area contributed by atoms with Gasteiger partial charge in [-0.15, -0.1) is 12.4 Å². The molecule has 1 aromatic carbocycles. The molecule has 2 rings (SSSR count). The van der Waals surface area contributed by atoms with E-state index in [1.54, 1.807) is 0 Å². The highest BCUT2D eigenvalue weighted by atomic mass is 35.5. The van der Waals surface area contributed by atoms with Crippen LogP contribution in [-0.2, 0) is 11.3 Å². The number of hydrogen-bond acceptors (Lipinski definition) is 6. The number of carbonyl (C=O) groups excluding carboxylic acids is 1. The molecule has 0 saturated heterocycles. The van der Waals surface area contributed by atoms with Crippen LogP contribution in [0.5, 0.6) is 0 Å². The Labute approximate surface area is 135 Å². The summed E-state index contributed by atoms with van der Waals surface area (Å²) in [6.45, 7) is 5.80. The maximum atomic E-state index is 10.9. The molecule has 0 aliphatic carbocycles. The van der Waals surface area contributed by atoms with Crippen LogP contribution >= 0.6 is 12.4 Å². The Bertz CT molecular complexity index is 608. The minimum atomic E-state index is -0.602. The van der Waals surface area contributed by atoms with E-state index in [2.05, 4.69) is 15.3 Å². The first-order valence-electron chi connectivity index (χ1n) is 6.63. The molecule has 0 atom stereocenters. The smallest absolute Gasteiger partial charge is 0.220 e. The molecule has 1 aliphatic rings. The van der Waals surface area contributed by atoms with E-state index in [4.69, 9.17) is 11.5 Å². The molecule has 0 spiro atoms. The highest BCUT2D eigenvalue weighted by molar-refractivity contribution is 6.05. The number of nitrogens with zero attached hydrogens (tertiary/aromatic N) is 3. The molecule has 1 aliphatic heterocycles. The van der Waals surface area contributed by atoms with Crippen molar-refractivity contribution < 1.29 is 4.79 Å². The Hall–Kier alpha value is -2.28. The summed E-state index contributed by atoms with van der Waals surface area (Å²) in [5.41, 5.74) is 12.9. The number of nitrogens with two attached hydrogens (primary N) is 2. The largest absolute Gasteiger partial charge is 0.369 e. The number of hydrogen-bond donors (Lipinski definition) is 3. The molecule has 1 aromatic rings. The van der Waals surface area contributed by atoms with E-state index in [1.807, 2.05) is 43.0 Å². The number of anilines is 1. The zero-order valence-corrected chi connectivity index (χ0v) is 13.6. The second-order valence-electron chi connectivity index (χ2n) is 5.35. The lowest BCUT2D eigenvalue weighted by atomic mass is 10.1. The van der Waals surface area contributed by atoms with Crippen LogP contribution < -0.4 is 21.7 Å². The van der Waals surface area contributed by atoms with Crippen LogP contribution in [0.15, 0.2) is 34.3 Å². The van der Waals surface area contributed by atoms with E-state index < -0.39 is 5.66 Å². The van der Waals surface area contributed by atoms with Crippen molar-refractivity contribution in [3.63, 3.8) is 0 Å². The van der Waals surface area contributed by atoms with Crippen molar-refractivity contribution in [1.82, 2.24) is 5.32 Å². The van der Waals surface area contributed by atoms with Gasteiger partial charge in [-0.05, 0) is 31.5 Å². The molecule has 0 fully saturated rings. The lowest BCUT2D eigenvalue weighted by Crippen LogP contribution is -2.54. The first-order valence-corrected chi connectivity index (χ1v) is 6.63. The first-order chi connectivity index (χ1) is 9.79. The van der Waals surface area contributed by atoms with Gasteiger partial charge >= 0.3 is 0 Å². The third kappa shape index (κ3) is 3.88. The van der Waals surface area contributed by atoms with Crippen LogP contribution in [0.4, 0.5) is 5.69 Å². The summed E-state index contributed by atoms with van der Waals surface area (Å²) in [5, 5.41) is 2.75. The first kappa shape index (κ1) is 17.8. The van der Waals surface area contributed by atoms with Crippen molar-refractivity contribution >= 4 is 35.9 Å². The standard InChI is InChI=1S/C14H20N6O.ClH/c1-9(21)17-8-10-4-6-11(7-5-10)20-13(16)18-12(15)19-14(20,2)3;/h4-7H,8H2,1-3H3,(H,17,21)(H4,15,16,18,19);1H. The van der Waals surface area contributed by atoms with E-state index in [0.29, 0.717) is 12.5 Å². The van der Waals surface area contributed by atoms with Gasteiger partial charge < -0.3 is 16.8 Å². The molecule has 0 unspecified atom stereocenters. The number of guanidine groups is 2. The van der Waals surface area contributed by atoms with Gasteiger partial charge in [0.2, 0.25) is 17.8 Å². The molecule has 0 bridgehead atoms. The van der Waals surface area contributed by atoms with E-state index in [1.165, 1.54) is 6.92 Å². The Kier molecular flexibility index (Phi) is 5.38. The highest BCUT2D eigenvalue weighted by Crippen LogP contribution is 2.27. The van der Waals surface area contributed by atoms with Gasteiger partial charge in [-0.1, -0.05) is 12.1 Å². The van der Waals surface area contributed by atoms with Crippen molar-refractivity contribution in [2.75, 3.05) is 4.90 Å². The van der Waals surface area contributed by atoms with Crippen LogP contribution in [-0.4, -0.2) is 23.5 Å². The minimum absolute atomic E-state index is 0. The average molecular weight is 325 g/mol. The molecule has 0 saturated carbocycles. The molecule has 5 N–H and O–H groups in total. The average Bonchev–Trinajstić information content (AvgIpc) is 2.35. The summed E-state index contributed by atoms with van der Waals surface area (Å²) in [6, 6.07) is 7.68. The summed E-state index contributed by atoms with van der Waals surface area (Å²) in [7, 11) is 0. The summed E-state index contributed by atoms with van der Waals surface area (Å²) in [4.78, 5) is 21.0. The lowest BCUT2D eigenvalue weighted by molar-refractivity contribution is -0.119. The van der Waals surface area contributed by atoms with Gasteiger partial charge in [0.05, 0.1) is 0 Å². The molecule has 8 heteroatoms. The monoisotopic (exact) mass is 324 g/mol. The fourth-order valence-electron chi connectivity index (χ4n) is 2.24. The number of rotatable bonds is 3. The number of amides is 1. The van der Waals surface area contributed by atoms with Crippen molar-refractivity contribution in [1.29, 1.82) is 0 Å². The number of halogens is 1. The van der Waals surface area contributed by atoms with Crippen LogP contribution in [0, 0.1) is 0 Å². The summed E-state index contributed by atoms with van der Waals surface area (Å²) in [6.07, 6.45) is 0. The minimum Gasteiger partial charge on any atom is -0.369 e. The SMILES string of the molecule is CC(=O)NCc1ccc(N2C(N)=NC(N)=NC2(C)C)cc1.Cl. The van der Waals surface area contributed by atoms with Crippen molar-refractivity contribution in [3.05, 3.63) is 29.8 Å². The number of carbonyl (C=O) groups is 1. The van der Waals surface area contributed by atoms with Crippen LogP contribution in [0.1, 0.15) is 26.3 Å². The fourth-order valence-corrected chi connectivity index (χ4v) is 2.24. The van der Waals surface area contributed by atoms with Gasteiger partial charge in [0.1, 0.15) is 5.66 Å². The van der Waals surface area contributed by atoms with Gasteiger partial charge in [-0.25, -0.2) is 4.99 Å².